The summed E-state index contributed by atoms with van der Waals surface area (Å²) in [6.07, 6.45) is -7.82. The van der Waals surface area contributed by atoms with Crippen molar-refractivity contribution in [2.45, 2.75) is 50.9 Å². The Labute approximate surface area is 354 Å². The van der Waals surface area contributed by atoms with Gasteiger partial charge >= 0.3 is 0 Å². The van der Waals surface area contributed by atoms with Gasteiger partial charge in [-0.25, -0.2) is 19.3 Å². The molecule has 5 rings (SSSR count). The lowest BCUT2D eigenvalue weighted by Crippen LogP contribution is -2.46. The summed E-state index contributed by atoms with van der Waals surface area (Å²) in [6, 6.07) is 7.55. The van der Waals surface area contributed by atoms with E-state index in [-0.39, 0.29) is 64.7 Å². The number of amides is 2. The number of benzene rings is 2. The molecule has 1 fully saturated rings. The van der Waals surface area contributed by atoms with Gasteiger partial charge in [0.25, 0.3) is 15.6 Å². The first-order valence-electron chi connectivity index (χ1n) is 17.8. The van der Waals surface area contributed by atoms with Crippen molar-refractivity contribution in [3.8, 4) is 11.5 Å². The molecule has 1 saturated heterocycles. The van der Waals surface area contributed by atoms with Gasteiger partial charge in [-0.05, 0) is 6.07 Å². The minimum absolute atomic E-state index is 0.00440. The van der Waals surface area contributed by atoms with Crippen LogP contribution in [0, 0.1) is 5.41 Å². The number of aliphatic hydroxyl groups is 2. The van der Waals surface area contributed by atoms with E-state index >= 15 is 0 Å². The van der Waals surface area contributed by atoms with Crippen LogP contribution in [-0.2, 0) is 45.9 Å². The predicted octanol–water partition coefficient (Wildman–Crippen LogP) is -1.99. The Kier molecular flexibility index (Phi) is 15.5. The number of nitrogens with zero attached hydrogens (tertiary/aromatic N) is 4. The summed E-state index contributed by atoms with van der Waals surface area (Å²) in [5, 5.41) is 47.0. The predicted molar refractivity (Wildman–Crippen MR) is 205 cm³/mol. The number of nitrogens with two attached hydrogens (primary N) is 1. The fraction of sp³-hybridized carbons (Fsp3) is 0.438. The highest BCUT2D eigenvalue weighted by Gasteiger charge is 2.47. The first-order chi connectivity index (χ1) is 28.9. The van der Waals surface area contributed by atoms with Crippen LogP contribution in [0.25, 0.3) is 21.9 Å². The van der Waals surface area contributed by atoms with Crippen molar-refractivity contribution < 1.29 is 90.7 Å². The number of thioether (sulfide) groups is 1. The second-order valence-corrected chi connectivity index (χ2v) is 19.1. The van der Waals surface area contributed by atoms with Gasteiger partial charge in [-0.3, -0.25) is 28.1 Å². The van der Waals surface area contributed by atoms with Crippen molar-refractivity contribution in [3.05, 3.63) is 48.5 Å². The van der Waals surface area contributed by atoms with Crippen LogP contribution in [0.1, 0.15) is 36.9 Å². The maximum absolute atomic E-state index is 12.6. The molecule has 4 aromatic rings. The number of imidazole rings is 1. The number of rotatable bonds is 20. The van der Waals surface area contributed by atoms with Gasteiger partial charge in [0.1, 0.15) is 47.8 Å². The lowest BCUT2D eigenvalue weighted by atomic mass is 9.87. The third kappa shape index (κ3) is 12.3. The van der Waals surface area contributed by atoms with Crippen LogP contribution < -0.4 is 35.9 Å². The van der Waals surface area contributed by atoms with E-state index in [2.05, 4.69) is 43.5 Å². The van der Waals surface area contributed by atoms with E-state index in [4.69, 9.17) is 10.5 Å². The van der Waals surface area contributed by atoms with Crippen molar-refractivity contribution in [2.75, 3.05) is 37.8 Å². The molecule has 2 aromatic heterocycles. The number of phosphoric acid groups is 3. The molecular weight excluding hydrogens is 911 g/mol. The number of anilines is 1. The van der Waals surface area contributed by atoms with Gasteiger partial charge in [-0.15, -0.1) is 0 Å². The zero-order chi connectivity index (χ0) is 45.8. The largest absolute Gasteiger partial charge is 0.790 e. The second-order valence-electron chi connectivity index (χ2n) is 14.0. The Morgan fingerprint density at radius 2 is 1.69 bits per heavy atom. The molecule has 2 unspecified atom stereocenters. The lowest BCUT2D eigenvalue weighted by Gasteiger charge is -2.36. The molecule has 2 amide bonds. The fourth-order valence-corrected chi connectivity index (χ4v) is 9.26. The monoisotopic (exact) mass is 949 g/mol. The number of carbonyl (C=O) groups excluding carboxylic acids is 3. The normalized spacial score (nSPS) is 20.7. The Morgan fingerprint density at radius 1 is 1.02 bits per heavy atom. The third-order valence-electron chi connectivity index (χ3n) is 8.92. The first kappa shape index (κ1) is 48.9. The summed E-state index contributed by atoms with van der Waals surface area (Å²) in [5.41, 5.74) is 3.88. The Balaban J connectivity index is 1.05. The highest BCUT2D eigenvalue weighted by atomic mass is 32.2. The van der Waals surface area contributed by atoms with Gasteiger partial charge in [0.15, 0.2) is 17.7 Å². The van der Waals surface area contributed by atoms with Gasteiger partial charge in [0.2, 0.25) is 16.9 Å². The molecule has 8 N–H and O–H groups in total. The van der Waals surface area contributed by atoms with Gasteiger partial charge in [-0.2, -0.15) is 0 Å². The Hall–Kier alpha value is -4.14. The number of phenols is 2. The number of fused-ring (bicyclic) bond motifs is 2. The molecular formula is C32H38N7O19P3S-4. The molecule has 3 heterocycles. The maximum Gasteiger partial charge on any atom is 0.274 e. The number of phenolic OH excluding ortho intramolecular Hbond substituents is 2. The third-order valence-corrected chi connectivity index (χ3v) is 12.8. The number of hydrogen-bond donors (Lipinski definition) is 7. The number of aliphatic hydroxyl groups excluding tert-OH is 2. The molecule has 30 heteroatoms. The van der Waals surface area contributed by atoms with Crippen LogP contribution in [0.15, 0.2) is 43.0 Å². The molecule has 2 aromatic carbocycles. The van der Waals surface area contributed by atoms with Crippen molar-refractivity contribution in [1.29, 1.82) is 0 Å². The average molecular weight is 950 g/mol. The van der Waals surface area contributed by atoms with E-state index in [9.17, 15) is 68.1 Å². The zero-order valence-electron chi connectivity index (χ0n) is 32.2. The summed E-state index contributed by atoms with van der Waals surface area (Å²) in [4.78, 5) is 97.1. The van der Waals surface area contributed by atoms with E-state index in [0.29, 0.717) is 5.39 Å². The molecule has 62 heavy (non-hydrogen) atoms. The Bertz CT molecular complexity index is 2450. The highest BCUT2D eigenvalue weighted by molar-refractivity contribution is 8.14. The molecule has 0 aliphatic carbocycles. The number of ether oxygens (including phenoxy) is 1. The van der Waals surface area contributed by atoms with E-state index in [0.717, 1.165) is 35.0 Å². The quantitative estimate of drug-likeness (QED) is 0.0286. The maximum atomic E-state index is 12.6. The molecule has 26 nitrogen and oxygen atoms in total. The van der Waals surface area contributed by atoms with Gasteiger partial charge in [0, 0.05) is 41.5 Å². The van der Waals surface area contributed by atoms with Crippen molar-refractivity contribution in [2.24, 2.45) is 5.41 Å². The minimum Gasteiger partial charge on any atom is -0.790 e. The molecule has 340 valence electrons. The number of aromatic hydroxyl groups is 2. The fourth-order valence-electron chi connectivity index (χ4n) is 5.83. The lowest BCUT2D eigenvalue weighted by molar-refractivity contribution is -0.347. The van der Waals surface area contributed by atoms with Gasteiger partial charge in [-0.1, -0.05) is 49.9 Å². The van der Waals surface area contributed by atoms with Gasteiger partial charge < -0.3 is 79.2 Å². The number of nitrogen functional groups attached to an aromatic ring is 1. The summed E-state index contributed by atoms with van der Waals surface area (Å²) in [6.45, 7) is -0.281. The number of phosphoric ester groups is 3. The van der Waals surface area contributed by atoms with Crippen molar-refractivity contribution in [1.82, 2.24) is 30.2 Å². The van der Waals surface area contributed by atoms with Crippen LogP contribution in [0.4, 0.5) is 5.82 Å². The Morgan fingerprint density at radius 3 is 2.39 bits per heavy atom. The molecule has 0 bridgehead atoms. The molecule has 0 spiro atoms. The molecule has 1 aliphatic heterocycles. The first-order valence-corrected chi connectivity index (χ1v) is 23.2. The SMILES string of the molecule is CC(C)(COP(=O)([O-])OP(=O)([O-])OC[C@H]1O[C@@H](n2cnc3c(N)ncnc32)[C@H](O)[C@@H]1OP(=O)([O-])[O-])[C@@H](O)C(=O)NCCC(=O)NCCSC(=O)c1cc(O)c2ccccc2c1O. The van der Waals surface area contributed by atoms with Crippen molar-refractivity contribution in [3.63, 3.8) is 0 Å². The zero-order valence-corrected chi connectivity index (χ0v) is 35.7. The minimum atomic E-state index is -5.95. The van der Waals surface area contributed by atoms with Crippen molar-refractivity contribution >= 4 is 79.9 Å². The number of carbonyl (C=O) groups is 3. The molecule has 0 radical (unpaired) electrons. The average Bonchev–Trinajstić information content (AvgIpc) is 3.75. The topological polar surface area (TPSA) is 415 Å². The van der Waals surface area contributed by atoms with Crippen LogP contribution in [0.2, 0.25) is 0 Å². The standard InChI is InChI=1S/C32H42N7O19P3S/c1-32(2,26(44)29(45)35-8-7-21(41)34-9-10-62-31(46)18-11-19(40)16-5-3-4-6-17(16)23(18)42)13-55-61(52,53)58-60(50,51)54-12-20-25(57-59(47,48)49)24(43)30(56-20)39-15-38-22-27(33)36-14-37-28(22)39/h3-6,11,14-15,20,24-26,30,40,42-44H,7-10,12-13H2,1-2H3,(H,34,41)(H,35,45)(H,50,51)(H,52,53)(H2,33,36,37)(H2,47,48,49)/p-4/t20-,24-,25-,26+,30-/m1/s1. The van der Waals surface area contributed by atoms with E-state index in [1.165, 1.54) is 13.8 Å². The molecule has 1 aliphatic rings. The summed E-state index contributed by atoms with van der Waals surface area (Å²) in [5.74, 6) is -2.13. The van der Waals surface area contributed by atoms with E-state index < -0.39 is 89.7 Å². The van der Waals surface area contributed by atoms with Crippen LogP contribution >= 0.6 is 35.2 Å². The number of hydrogen-bond acceptors (Lipinski definition) is 24. The summed E-state index contributed by atoms with van der Waals surface area (Å²) >= 11 is 0.772. The van der Waals surface area contributed by atoms with Gasteiger partial charge in [0.05, 0.1) is 32.9 Å². The second kappa shape index (κ2) is 19.7. The number of nitrogens with one attached hydrogen (secondary N) is 2. The molecule has 0 saturated carbocycles. The number of aromatic nitrogens is 4. The molecule has 7 atom stereocenters. The van der Waals surface area contributed by atoms with E-state index in [1.54, 1.807) is 24.3 Å². The summed E-state index contributed by atoms with van der Waals surface area (Å²) in [7, 11) is -17.7. The van der Waals surface area contributed by atoms with Crippen LogP contribution in [-0.4, -0.2) is 113 Å². The van der Waals surface area contributed by atoms with E-state index in [1.807, 2.05) is 0 Å². The van der Waals surface area contributed by atoms with Crippen LogP contribution in [0.5, 0.6) is 11.5 Å². The smallest absolute Gasteiger partial charge is 0.274 e. The highest BCUT2D eigenvalue weighted by Crippen LogP contribution is 2.56. The summed E-state index contributed by atoms with van der Waals surface area (Å²) < 4.78 is 60.6. The van der Waals surface area contributed by atoms with Crippen LogP contribution in [0.3, 0.4) is 0 Å².